The Kier molecular flexibility index (Phi) is 4.85. The van der Waals surface area contributed by atoms with Crippen LogP contribution in [0.5, 0.6) is 0 Å². The van der Waals surface area contributed by atoms with E-state index in [0.717, 1.165) is 18.2 Å². The van der Waals surface area contributed by atoms with Crippen molar-refractivity contribution in [3.8, 4) is 0 Å². The van der Waals surface area contributed by atoms with Crippen molar-refractivity contribution in [3.63, 3.8) is 0 Å². The van der Waals surface area contributed by atoms with Crippen molar-refractivity contribution >= 4 is 17.6 Å². The fourth-order valence-corrected chi connectivity index (χ4v) is 2.61. The Morgan fingerprint density at radius 1 is 1.18 bits per heavy atom. The summed E-state index contributed by atoms with van der Waals surface area (Å²) in [5, 5.41) is 0. The number of nitrogens with zero attached hydrogens (tertiary/aromatic N) is 1. The smallest absolute Gasteiger partial charge is 0.240 e. The van der Waals surface area contributed by atoms with Crippen LogP contribution in [0, 0.1) is 11.6 Å². The average molecular weight is 310 g/mol. The van der Waals surface area contributed by atoms with Gasteiger partial charge in [0.05, 0.1) is 5.56 Å². The molecule has 0 radical (unpaired) electrons. The van der Waals surface area contributed by atoms with Crippen LogP contribution >= 0.6 is 0 Å². The minimum atomic E-state index is -0.950. The number of nitrogens with two attached hydrogens (primary N) is 1. The second-order valence-electron chi connectivity index (χ2n) is 5.17. The Hall–Kier alpha value is -2.31. The highest BCUT2D eigenvalue weighted by Crippen LogP contribution is 2.20. The normalized spacial score (nSPS) is 17.5. The zero-order valence-electron chi connectivity index (χ0n) is 11.9. The van der Waals surface area contributed by atoms with Gasteiger partial charge >= 0.3 is 0 Å². The summed E-state index contributed by atoms with van der Waals surface area (Å²) in [6.07, 6.45) is 0.626. The van der Waals surface area contributed by atoms with E-state index in [1.807, 2.05) is 0 Å². The number of hydrogen-bond acceptors (Lipinski definition) is 3. The molecule has 1 saturated heterocycles. The van der Waals surface area contributed by atoms with Gasteiger partial charge in [0.1, 0.15) is 17.7 Å². The van der Waals surface area contributed by atoms with Crippen molar-refractivity contribution in [1.82, 2.24) is 4.90 Å². The van der Waals surface area contributed by atoms with Crippen molar-refractivity contribution in [1.29, 1.82) is 0 Å². The van der Waals surface area contributed by atoms with Crippen LogP contribution in [0.4, 0.5) is 8.78 Å². The van der Waals surface area contributed by atoms with Crippen molar-refractivity contribution in [3.05, 3.63) is 35.4 Å². The topological polar surface area (TPSA) is 80.5 Å². The van der Waals surface area contributed by atoms with Crippen molar-refractivity contribution in [2.75, 3.05) is 6.54 Å². The molecule has 0 aromatic heterocycles. The summed E-state index contributed by atoms with van der Waals surface area (Å²) in [6.45, 7) is 0.398. The van der Waals surface area contributed by atoms with Crippen molar-refractivity contribution in [2.24, 2.45) is 5.73 Å². The zero-order chi connectivity index (χ0) is 16.3. The Labute approximate surface area is 126 Å². The van der Waals surface area contributed by atoms with Gasteiger partial charge in [-0.3, -0.25) is 14.4 Å². The molecule has 2 rings (SSSR count). The van der Waals surface area contributed by atoms with E-state index in [1.54, 1.807) is 0 Å². The second-order valence-corrected chi connectivity index (χ2v) is 5.17. The predicted molar refractivity (Wildman–Crippen MR) is 73.9 cm³/mol. The molecule has 1 heterocycles. The van der Waals surface area contributed by atoms with E-state index in [2.05, 4.69) is 0 Å². The first-order chi connectivity index (χ1) is 10.4. The Morgan fingerprint density at radius 3 is 2.41 bits per heavy atom. The number of amides is 2. The predicted octanol–water partition coefficient (Wildman–Crippen LogP) is 1.40. The summed E-state index contributed by atoms with van der Waals surface area (Å²) < 4.78 is 27.0. The number of halogens is 2. The Morgan fingerprint density at radius 2 is 1.82 bits per heavy atom. The van der Waals surface area contributed by atoms with Gasteiger partial charge in [0, 0.05) is 19.4 Å². The molecule has 0 unspecified atom stereocenters. The highest BCUT2D eigenvalue weighted by atomic mass is 19.1. The monoisotopic (exact) mass is 310 g/mol. The first-order valence-electron chi connectivity index (χ1n) is 6.98. The molecule has 1 aromatic carbocycles. The number of primary amides is 1. The molecule has 2 N–H and O–H groups in total. The molecule has 5 nitrogen and oxygen atoms in total. The van der Waals surface area contributed by atoms with Crippen molar-refractivity contribution < 1.29 is 23.2 Å². The number of carbonyl (C=O) groups is 3. The lowest BCUT2D eigenvalue weighted by Crippen LogP contribution is -2.43. The lowest BCUT2D eigenvalue weighted by molar-refractivity contribution is -0.137. The van der Waals surface area contributed by atoms with Crippen LogP contribution in [-0.2, 0) is 9.59 Å². The van der Waals surface area contributed by atoms with Crippen LogP contribution in [0.3, 0.4) is 0 Å². The summed E-state index contributed by atoms with van der Waals surface area (Å²) in [4.78, 5) is 36.5. The van der Waals surface area contributed by atoms with Crippen LogP contribution in [0.15, 0.2) is 18.2 Å². The molecule has 1 atom stereocenters. The van der Waals surface area contributed by atoms with E-state index < -0.39 is 40.8 Å². The molecular weight excluding hydrogens is 294 g/mol. The average Bonchev–Trinajstić information content (AvgIpc) is 2.94. The van der Waals surface area contributed by atoms with Gasteiger partial charge in [0.2, 0.25) is 11.8 Å². The second kappa shape index (κ2) is 6.64. The summed E-state index contributed by atoms with van der Waals surface area (Å²) in [7, 11) is 0. The van der Waals surface area contributed by atoms with Gasteiger partial charge in [-0.25, -0.2) is 8.78 Å². The van der Waals surface area contributed by atoms with E-state index in [9.17, 15) is 23.2 Å². The Balaban J connectivity index is 1.99. The zero-order valence-corrected chi connectivity index (χ0v) is 11.9. The molecule has 118 valence electrons. The molecule has 1 fully saturated rings. The number of benzene rings is 1. The summed E-state index contributed by atoms with van der Waals surface area (Å²) in [5.41, 5.74) is 4.58. The maximum Gasteiger partial charge on any atom is 0.240 e. The number of Topliss-reactive ketones (excluding diaryl/α,β-unsaturated/α-hetero) is 1. The molecule has 1 aromatic rings. The van der Waals surface area contributed by atoms with E-state index in [4.69, 9.17) is 5.73 Å². The number of hydrogen-bond donors (Lipinski definition) is 1. The minimum Gasteiger partial charge on any atom is -0.368 e. The number of rotatable bonds is 5. The molecule has 0 aliphatic carbocycles. The lowest BCUT2D eigenvalue weighted by Gasteiger charge is -2.22. The molecule has 0 saturated carbocycles. The fraction of sp³-hybridized carbons (Fsp3) is 0.400. The van der Waals surface area contributed by atoms with Gasteiger partial charge in [-0.15, -0.1) is 0 Å². The van der Waals surface area contributed by atoms with Crippen LogP contribution in [-0.4, -0.2) is 35.1 Å². The van der Waals surface area contributed by atoms with E-state index in [1.165, 1.54) is 4.90 Å². The van der Waals surface area contributed by atoms with Gasteiger partial charge in [0.25, 0.3) is 0 Å². The molecule has 7 heteroatoms. The number of ketones is 1. The van der Waals surface area contributed by atoms with Gasteiger partial charge in [0.15, 0.2) is 5.78 Å². The minimum absolute atomic E-state index is 0.212. The molecule has 0 spiro atoms. The van der Waals surface area contributed by atoms with Crippen LogP contribution < -0.4 is 5.73 Å². The third-order valence-corrected chi connectivity index (χ3v) is 3.71. The van der Waals surface area contributed by atoms with Gasteiger partial charge in [-0.1, -0.05) is 6.07 Å². The Bertz CT molecular complexity index is 599. The largest absolute Gasteiger partial charge is 0.368 e. The van der Waals surface area contributed by atoms with E-state index in [0.29, 0.717) is 19.4 Å². The summed E-state index contributed by atoms with van der Waals surface area (Å²) >= 11 is 0. The highest BCUT2D eigenvalue weighted by molar-refractivity contribution is 5.98. The van der Waals surface area contributed by atoms with E-state index in [-0.39, 0.29) is 12.8 Å². The van der Waals surface area contributed by atoms with Gasteiger partial charge < -0.3 is 10.6 Å². The SMILES string of the molecule is NC(=O)[C@@H]1CCCN1C(=O)CCC(=O)c1c(F)cccc1F. The molecule has 22 heavy (non-hydrogen) atoms. The molecular formula is C15H16F2N2O3. The van der Waals surface area contributed by atoms with Crippen LogP contribution in [0.2, 0.25) is 0 Å². The van der Waals surface area contributed by atoms with Crippen LogP contribution in [0.1, 0.15) is 36.0 Å². The first-order valence-corrected chi connectivity index (χ1v) is 6.98. The first kappa shape index (κ1) is 16.1. The summed E-state index contributed by atoms with van der Waals surface area (Å²) in [5.74, 6) is -3.68. The van der Waals surface area contributed by atoms with Gasteiger partial charge in [-0.2, -0.15) is 0 Å². The molecule has 1 aliphatic rings. The highest BCUT2D eigenvalue weighted by Gasteiger charge is 2.32. The maximum absolute atomic E-state index is 13.5. The van der Waals surface area contributed by atoms with Crippen LogP contribution in [0.25, 0.3) is 0 Å². The molecule has 2 amide bonds. The summed E-state index contributed by atoms with van der Waals surface area (Å²) in [6, 6.07) is 2.48. The third kappa shape index (κ3) is 3.29. The lowest BCUT2D eigenvalue weighted by atomic mass is 10.0. The van der Waals surface area contributed by atoms with Crippen molar-refractivity contribution in [2.45, 2.75) is 31.7 Å². The molecule has 1 aliphatic heterocycles. The maximum atomic E-state index is 13.5. The number of carbonyl (C=O) groups excluding carboxylic acids is 3. The molecule has 0 bridgehead atoms. The number of likely N-dealkylation sites (tertiary alicyclic amines) is 1. The fourth-order valence-electron chi connectivity index (χ4n) is 2.61. The standard InChI is InChI=1S/C15H16F2N2O3/c16-9-3-1-4-10(17)14(9)12(20)6-7-13(21)19-8-2-5-11(19)15(18)22/h1,3-4,11H,2,5-8H2,(H2,18,22)/t11-/m0/s1. The van der Waals surface area contributed by atoms with E-state index >= 15 is 0 Å². The quantitative estimate of drug-likeness (QED) is 0.835. The van der Waals surface area contributed by atoms with Gasteiger partial charge in [-0.05, 0) is 25.0 Å². The third-order valence-electron chi connectivity index (χ3n) is 3.71.